The molecule has 1 aromatic rings. The SMILES string of the molecule is CN(CCC1CCCNC1)C(=O)c1cccnc1. The molecule has 0 spiro atoms. The van der Waals surface area contributed by atoms with Crippen molar-refractivity contribution in [2.24, 2.45) is 5.92 Å². The second kappa shape index (κ2) is 6.50. The van der Waals surface area contributed by atoms with Crippen LogP contribution in [-0.2, 0) is 0 Å². The predicted molar refractivity (Wildman–Crippen MR) is 71.4 cm³/mol. The van der Waals surface area contributed by atoms with Crippen LogP contribution in [0.1, 0.15) is 29.6 Å². The summed E-state index contributed by atoms with van der Waals surface area (Å²) in [6.45, 7) is 3.05. The Bertz CT molecular complexity index is 374. The number of aromatic nitrogens is 1. The Morgan fingerprint density at radius 1 is 1.61 bits per heavy atom. The number of amides is 1. The summed E-state index contributed by atoms with van der Waals surface area (Å²) in [6.07, 6.45) is 6.92. The second-order valence-electron chi connectivity index (χ2n) is 4.97. The van der Waals surface area contributed by atoms with E-state index < -0.39 is 0 Å². The Morgan fingerprint density at radius 2 is 2.50 bits per heavy atom. The van der Waals surface area contributed by atoms with Gasteiger partial charge in [-0.3, -0.25) is 9.78 Å². The van der Waals surface area contributed by atoms with Crippen molar-refractivity contribution in [1.29, 1.82) is 0 Å². The van der Waals surface area contributed by atoms with E-state index in [1.165, 1.54) is 12.8 Å². The van der Waals surface area contributed by atoms with Gasteiger partial charge < -0.3 is 10.2 Å². The fourth-order valence-corrected chi connectivity index (χ4v) is 2.36. The van der Waals surface area contributed by atoms with Crippen LogP contribution in [0.15, 0.2) is 24.5 Å². The molecule has 1 aliphatic rings. The van der Waals surface area contributed by atoms with Crippen molar-refractivity contribution in [3.05, 3.63) is 30.1 Å². The first kappa shape index (κ1) is 13.0. The zero-order valence-electron chi connectivity index (χ0n) is 10.9. The molecule has 18 heavy (non-hydrogen) atoms. The van der Waals surface area contributed by atoms with Crippen LogP contribution in [0.3, 0.4) is 0 Å². The maximum absolute atomic E-state index is 12.1. The van der Waals surface area contributed by atoms with E-state index in [9.17, 15) is 4.79 Å². The number of hydrogen-bond donors (Lipinski definition) is 1. The van der Waals surface area contributed by atoms with Crippen LogP contribution in [0.4, 0.5) is 0 Å². The van der Waals surface area contributed by atoms with E-state index in [2.05, 4.69) is 10.3 Å². The maximum Gasteiger partial charge on any atom is 0.255 e. The topological polar surface area (TPSA) is 45.2 Å². The Morgan fingerprint density at radius 3 is 3.17 bits per heavy atom. The first-order valence-electron chi connectivity index (χ1n) is 6.63. The molecule has 4 heteroatoms. The second-order valence-corrected chi connectivity index (χ2v) is 4.97. The van der Waals surface area contributed by atoms with Gasteiger partial charge in [-0.15, -0.1) is 0 Å². The molecule has 4 nitrogen and oxygen atoms in total. The molecule has 1 fully saturated rings. The molecule has 0 radical (unpaired) electrons. The normalized spacial score (nSPS) is 19.5. The Kier molecular flexibility index (Phi) is 4.70. The van der Waals surface area contributed by atoms with Crippen molar-refractivity contribution in [3.63, 3.8) is 0 Å². The van der Waals surface area contributed by atoms with Gasteiger partial charge in [-0.2, -0.15) is 0 Å². The summed E-state index contributed by atoms with van der Waals surface area (Å²) in [7, 11) is 1.87. The summed E-state index contributed by atoms with van der Waals surface area (Å²) in [5.41, 5.74) is 0.668. The average molecular weight is 247 g/mol. The first-order chi connectivity index (χ1) is 8.77. The number of nitrogens with one attached hydrogen (secondary N) is 1. The van der Waals surface area contributed by atoms with E-state index in [0.29, 0.717) is 11.5 Å². The molecule has 0 aliphatic carbocycles. The molecule has 2 heterocycles. The van der Waals surface area contributed by atoms with Crippen LogP contribution in [0.2, 0.25) is 0 Å². The number of nitrogens with zero attached hydrogens (tertiary/aromatic N) is 2. The molecule has 1 aliphatic heterocycles. The van der Waals surface area contributed by atoms with Crippen LogP contribution in [0.5, 0.6) is 0 Å². The molecule has 1 saturated heterocycles. The lowest BCUT2D eigenvalue weighted by Crippen LogP contribution is -2.34. The molecule has 1 aromatic heterocycles. The Balaban J connectivity index is 1.80. The van der Waals surface area contributed by atoms with Crippen molar-refractivity contribution < 1.29 is 4.79 Å². The third kappa shape index (κ3) is 3.53. The largest absolute Gasteiger partial charge is 0.342 e. The number of carbonyl (C=O) groups excluding carboxylic acids is 1. The number of rotatable bonds is 4. The highest BCUT2D eigenvalue weighted by atomic mass is 16.2. The molecular formula is C14H21N3O. The van der Waals surface area contributed by atoms with E-state index in [1.54, 1.807) is 23.4 Å². The average Bonchev–Trinajstić information content (AvgIpc) is 2.46. The summed E-state index contributed by atoms with van der Waals surface area (Å²) in [5.74, 6) is 0.773. The lowest BCUT2D eigenvalue weighted by atomic mass is 9.96. The molecule has 0 bridgehead atoms. The van der Waals surface area contributed by atoms with E-state index in [4.69, 9.17) is 0 Å². The van der Waals surface area contributed by atoms with E-state index >= 15 is 0 Å². The molecule has 98 valence electrons. The van der Waals surface area contributed by atoms with Crippen LogP contribution in [0.25, 0.3) is 0 Å². The van der Waals surface area contributed by atoms with Gasteiger partial charge in [-0.25, -0.2) is 0 Å². The Hall–Kier alpha value is -1.42. The van der Waals surface area contributed by atoms with Gasteiger partial charge in [-0.1, -0.05) is 0 Å². The third-order valence-corrected chi connectivity index (χ3v) is 3.53. The highest BCUT2D eigenvalue weighted by Crippen LogP contribution is 2.14. The van der Waals surface area contributed by atoms with Gasteiger partial charge in [0.1, 0.15) is 0 Å². The smallest absolute Gasteiger partial charge is 0.255 e. The van der Waals surface area contributed by atoms with Gasteiger partial charge in [-0.05, 0) is 50.4 Å². The Labute approximate surface area is 108 Å². The van der Waals surface area contributed by atoms with Gasteiger partial charge in [0.05, 0.1) is 5.56 Å². The molecule has 2 rings (SSSR count). The molecular weight excluding hydrogens is 226 g/mol. The zero-order valence-corrected chi connectivity index (χ0v) is 10.9. The number of hydrogen-bond acceptors (Lipinski definition) is 3. The number of pyridine rings is 1. The van der Waals surface area contributed by atoms with E-state index in [-0.39, 0.29) is 5.91 Å². The minimum Gasteiger partial charge on any atom is -0.342 e. The van der Waals surface area contributed by atoms with Crippen molar-refractivity contribution in [2.45, 2.75) is 19.3 Å². The molecule has 0 aromatic carbocycles. The van der Waals surface area contributed by atoms with Crippen LogP contribution in [0, 0.1) is 5.92 Å². The fourth-order valence-electron chi connectivity index (χ4n) is 2.36. The van der Waals surface area contributed by atoms with Crippen LogP contribution < -0.4 is 5.32 Å². The summed E-state index contributed by atoms with van der Waals surface area (Å²) in [4.78, 5) is 17.9. The minimum absolute atomic E-state index is 0.0619. The molecule has 1 atom stereocenters. The fraction of sp³-hybridized carbons (Fsp3) is 0.571. The third-order valence-electron chi connectivity index (χ3n) is 3.53. The van der Waals surface area contributed by atoms with Gasteiger partial charge in [0.25, 0.3) is 5.91 Å². The molecule has 1 N–H and O–H groups in total. The minimum atomic E-state index is 0.0619. The quantitative estimate of drug-likeness (QED) is 0.878. The molecule has 1 unspecified atom stereocenters. The maximum atomic E-state index is 12.1. The summed E-state index contributed by atoms with van der Waals surface area (Å²) < 4.78 is 0. The first-order valence-corrected chi connectivity index (χ1v) is 6.63. The van der Waals surface area contributed by atoms with E-state index in [1.807, 2.05) is 13.1 Å². The number of carbonyl (C=O) groups is 1. The lowest BCUT2D eigenvalue weighted by molar-refractivity contribution is 0.0784. The summed E-state index contributed by atoms with van der Waals surface area (Å²) in [5, 5.41) is 3.41. The number of piperidine rings is 1. The standard InChI is InChI=1S/C14H21N3O/c1-17(9-6-12-4-2-7-15-10-12)14(18)13-5-3-8-16-11-13/h3,5,8,11-12,15H,2,4,6-7,9-10H2,1H3. The van der Waals surface area contributed by atoms with Crippen molar-refractivity contribution in [3.8, 4) is 0 Å². The zero-order chi connectivity index (χ0) is 12.8. The van der Waals surface area contributed by atoms with Crippen LogP contribution >= 0.6 is 0 Å². The van der Waals surface area contributed by atoms with Gasteiger partial charge in [0.2, 0.25) is 0 Å². The molecule has 0 saturated carbocycles. The molecule has 1 amide bonds. The van der Waals surface area contributed by atoms with Crippen molar-refractivity contribution in [1.82, 2.24) is 15.2 Å². The van der Waals surface area contributed by atoms with Gasteiger partial charge in [0, 0.05) is 26.0 Å². The lowest BCUT2D eigenvalue weighted by Gasteiger charge is -2.25. The predicted octanol–water partition coefficient (Wildman–Crippen LogP) is 1.54. The van der Waals surface area contributed by atoms with Crippen molar-refractivity contribution >= 4 is 5.91 Å². The summed E-state index contributed by atoms with van der Waals surface area (Å²) >= 11 is 0. The van der Waals surface area contributed by atoms with E-state index in [0.717, 1.165) is 26.1 Å². The van der Waals surface area contributed by atoms with Crippen LogP contribution in [-0.4, -0.2) is 42.5 Å². The highest BCUT2D eigenvalue weighted by molar-refractivity contribution is 5.93. The van der Waals surface area contributed by atoms with Gasteiger partial charge in [0.15, 0.2) is 0 Å². The summed E-state index contributed by atoms with van der Waals surface area (Å²) in [6, 6.07) is 3.61. The monoisotopic (exact) mass is 247 g/mol. The van der Waals surface area contributed by atoms with Gasteiger partial charge >= 0.3 is 0 Å². The van der Waals surface area contributed by atoms with Crippen molar-refractivity contribution in [2.75, 3.05) is 26.7 Å². The highest BCUT2D eigenvalue weighted by Gasteiger charge is 2.16.